The lowest BCUT2D eigenvalue weighted by Crippen LogP contribution is -2.57. The molecule has 0 aromatic carbocycles. The van der Waals surface area contributed by atoms with Crippen molar-refractivity contribution in [2.24, 2.45) is 35.0 Å². The van der Waals surface area contributed by atoms with Gasteiger partial charge in [-0.3, -0.25) is 0 Å². The summed E-state index contributed by atoms with van der Waals surface area (Å²) >= 11 is 0. The fourth-order valence-electron chi connectivity index (χ4n) is 5.22. The highest BCUT2D eigenvalue weighted by Gasteiger charge is 2.57. The van der Waals surface area contributed by atoms with E-state index in [1.165, 1.54) is 38.5 Å². The van der Waals surface area contributed by atoms with Gasteiger partial charge in [0, 0.05) is 0 Å². The van der Waals surface area contributed by atoms with E-state index in [0.717, 1.165) is 11.8 Å². The van der Waals surface area contributed by atoms with Gasteiger partial charge in [0.15, 0.2) is 0 Å². The molecule has 112 valence electrons. The highest BCUT2D eigenvalue weighted by atomic mass is 16.3. The van der Waals surface area contributed by atoms with Crippen molar-refractivity contribution < 1.29 is 5.11 Å². The van der Waals surface area contributed by atoms with Gasteiger partial charge in [0.05, 0.1) is 6.10 Å². The smallest absolute Gasteiger partial charge is 0.0599 e. The molecule has 1 heteroatoms. The van der Waals surface area contributed by atoms with Crippen LogP contribution in [0, 0.1) is 35.0 Å². The second-order valence-corrected chi connectivity index (χ2v) is 7.95. The van der Waals surface area contributed by atoms with Gasteiger partial charge in [-0.2, -0.15) is 0 Å². The first-order chi connectivity index (χ1) is 8.93. The van der Waals surface area contributed by atoms with Crippen LogP contribution in [0.4, 0.5) is 0 Å². The van der Waals surface area contributed by atoms with Gasteiger partial charge in [-0.25, -0.2) is 0 Å². The summed E-state index contributed by atoms with van der Waals surface area (Å²) in [6.45, 7) is 11.8. The molecule has 19 heavy (non-hydrogen) atoms. The highest BCUT2D eigenvalue weighted by molar-refractivity contribution is 5.06. The van der Waals surface area contributed by atoms with Gasteiger partial charge < -0.3 is 5.11 Å². The molecular formula is C18H34O. The predicted molar refractivity (Wildman–Crippen MR) is 82.0 cm³/mol. The van der Waals surface area contributed by atoms with Gasteiger partial charge in [0.2, 0.25) is 0 Å². The van der Waals surface area contributed by atoms with Gasteiger partial charge in [0.25, 0.3) is 0 Å². The van der Waals surface area contributed by atoms with Crippen LogP contribution in [-0.2, 0) is 0 Å². The number of aliphatic hydroxyl groups excluding tert-OH is 1. The molecular weight excluding hydrogens is 232 g/mol. The van der Waals surface area contributed by atoms with Gasteiger partial charge in [0.1, 0.15) is 0 Å². The largest absolute Gasteiger partial charge is 0.393 e. The first-order valence-electron chi connectivity index (χ1n) is 8.61. The molecule has 0 aromatic heterocycles. The van der Waals surface area contributed by atoms with Crippen LogP contribution in [0.25, 0.3) is 0 Å². The highest BCUT2D eigenvalue weighted by Crippen LogP contribution is 2.63. The molecule has 3 saturated carbocycles. The maximum Gasteiger partial charge on any atom is 0.0599 e. The standard InChI is InChI=1S/C18H34O/c1-6-8-13(9-7-2)17(19)15-10-14-11-16(12(15)3)18(14,4)5/h12-17,19H,6-11H2,1-5H3/t12-,14+,15+,16+,17?/m0/s1. The SMILES string of the molecule is CCCC(CCC)C(O)[C@@H]1C[C@@H]2C[C@H]([C@H]1C)C2(C)C. The Morgan fingerprint density at radius 3 is 2.11 bits per heavy atom. The number of hydrogen-bond acceptors (Lipinski definition) is 1. The van der Waals surface area contributed by atoms with Crippen molar-refractivity contribution in [3.05, 3.63) is 0 Å². The summed E-state index contributed by atoms with van der Waals surface area (Å²) in [7, 11) is 0. The van der Waals surface area contributed by atoms with Crippen LogP contribution in [0.3, 0.4) is 0 Å². The predicted octanol–water partition coefficient (Wildman–Crippen LogP) is 4.88. The monoisotopic (exact) mass is 266 g/mol. The van der Waals surface area contributed by atoms with Crippen molar-refractivity contribution in [1.82, 2.24) is 0 Å². The van der Waals surface area contributed by atoms with E-state index in [4.69, 9.17) is 0 Å². The van der Waals surface area contributed by atoms with Crippen molar-refractivity contribution in [1.29, 1.82) is 0 Å². The van der Waals surface area contributed by atoms with Crippen LogP contribution in [0.1, 0.15) is 73.1 Å². The van der Waals surface area contributed by atoms with Gasteiger partial charge >= 0.3 is 0 Å². The number of hydrogen-bond donors (Lipinski definition) is 1. The average Bonchev–Trinajstić information content (AvgIpc) is 2.37. The normalized spacial score (nSPS) is 38.1. The summed E-state index contributed by atoms with van der Waals surface area (Å²) in [6.07, 6.45) is 7.48. The lowest BCUT2D eigenvalue weighted by Gasteiger charge is -2.63. The summed E-state index contributed by atoms with van der Waals surface area (Å²) in [6, 6.07) is 0. The minimum absolute atomic E-state index is 0.0451. The molecule has 0 spiro atoms. The zero-order valence-corrected chi connectivity index (χ0v) is 13.7. The van der Waals surface area contributed by atoms with E-state index in [0.29, 0.717) is 23.2 Å². The van der Waals surface area contributed by atoms with E-state index >= 15 is 0 Å². The van der Waals surface area contributed by atoms with Crippen molar-refractivity contribution >= 4 is 0 Å². The molecule has 3 aliphatic rings. The topological polar surface area (TPSA) is 20.2 Å². The first-order valence-corrected chi connectivity index (χ1v) is 8.61. The molecule has 0 heterocycles. The van der Waals surface area contributed by atoms with Crippen molar-refractivity contribution in [3.63, 3.8) is 0 Å². The number of rotatable bonds is 6. The van der Waals surface area contributed by atoms with Gasteiger partial charge in [-0.05, 0) is 60.7 Å². The maximum atomic E-state index is 10.9. The average molecular weight is 266 g/mol. The third-order valence-corrected chi connectivity index (χ3v) is 6.65. The van der Waals surface area contributed by atoms with Gasteiger partial charge in [-0.1, -0.05) is 47.5 Å². The Morgan fingerprint density at radius 2 is 1.68 bits per heavy atom. The molecule has 0 aromatic rings. The zero-order chi connectivity index (χ0) is 14.2. The quantitative estimate of drug-likeness (QED) is 0.726. The number of fused-ring (bicyclic) bond motifs is 2. The Kier molecular flexibility index (Phi) is 4.65. The first kappa shape index (κ1) is 15.4. The minimum atomic E-state index is -0.0451. The summed E-state index contributed by atoms with van der Waals surface area (Å²) < 4.78 is 0. The summed E-state index contributed by atoms with van der Waals surface area (Å²) in [5.41, 5.74) is 0.542. The molecule has 3 rings (SSSR count). The Bertz CT molecular complexity index is 290. The molecule has 0 aliphatic heterocycles. The van der Waals surface area contributed by atoms with E-state index < -0.39 is 0 Å². The van der Waals surface area contributed by atoms with E-state index in [-0.39, 0.29) is 6.10 Å². The molecule has 1 nitrogen and oxygen atoms in total. The van der Waals surface area contributed by atoms with Crippen molar-refractivity contribution in [2.75, 3.05) is 0 Å². The minimum Gasteiger partial charge on any atom is -0.393 e. The van der Waals surface area contributed by atoms with Crippen LogP contribution in [0.5, 0.6) is 0 Å². The molecule has 1 unspecified atom stereocenters. The molecule has 3 fully saturated rings. The lowest BCUT2D eigenvalue weighted by atomic mass is 9.42. The Labute approximate surface area is 120 Å². The van der Waals surface area contributed by atoms with Crippen LogP contribution in [-0.4, -0.2) is 11.2 Å². The molecule has 0 radical (unpaired) electrons. The Balaban J connectivity index is 2.02. The molecule has 1 N–H and O–H groups in total. The van der Waals surface area contributed by atoms with Crippen LogP contribution in [0.2, 0.25) is 0 Å². The van der Waals surface area contributed by atoms with Crippen LogP contribution < -0.4 is 0 Å². The van der Waals surface area contributed by atoms with Crippen molar-refractivity contribution in [2.45, 2.75) is 79.2 Å². The third kappa shape index (κ3) is 2.60. The second-order valence-electron chi connectivity index (χ2n) is 7.95. The fourth-order valence-corrected chi connectivity index (χ4v) is 5.22. The van der Waals surface area contributed by atoms with E-state index in [1.807, 2.05) is 0 Å². The fraction of sp³-hybridized carbons (Fsp3) is 1.00. The molecule has 2 bridgehead atoms. The molecule has 5 atom stereocenters. The Morgan fingerprint density at radius 1 is 1.11 bits per heavy atom. The summed E-state index contributed by atoms with van der Waals surface area (Å²) in [4.78, 5) is 0. The molecule has 0 amide bonds. The Hall–Kier alpha value is -0.0400. The lowest BCUT2D eigenvalue weighted by molar-refractivity contribution is -0.160. The van der Waals surface area contributed by atoms with Gasteiger partial charge in [-0.15, -0.1) is 0 Å². The van der Waals surface area contributed by atoms with Crippen LogP contribution >= 0.6 is 0 Å². The third-order valence-electron chi connectivity index (χ3n) is 6.65. The number of aliphatic hydroxyl groups is 1. The van der Waals surface area contributed by atoms with Crippen LogP contribution in [0.15, 0.2) is 0 Å². The second kappa shape index (κ2) is 5.76. The zero-order valence-electron chi connectivity index (χ0n) is 13.7. The van der Waals surface area contributed by atoms with E-state index in [9.17, 15) is 5.11 Å². The summed E-state index contributed by atoms with van der Waals surface area (Å²) in [5, 5.41) is 10.9. The molecule has 3 aliphatic carbocycles. The van der Waals surface area contributed by atoms with E-state index in [1.54, 1.807) is 0 Å². The molecule has 0 saturated heterocycles. The maximum absolute atomic E-state index is 10.9. The van der Waals surface area contributed by atoms with Crippen molar-refractivity contribution in [3.8, 4) is 0 Å². The van der Waals surface area contributed by atoms with E-state index in [2.05, 4.69) is 34.6 Å². The summed E-state index contributed by atoms with van der Waals surface area (Å²) in [5.74, 6) is 3.56.